The van der Waals surface area contributed by atoms with E-state index >= 15 is 4.39 Å². The van der Waals surface area contributed by atoms with E-state index in [4.69, 9.17) is 0 Å². The van der Waals surface area contributed by atoms with Gasteiger partial charge in [-0.15, -0.1) is 0 Å². The van der Waals surface area contributed by atoms with Crippen LogP contribution in [0, 0.1) is 48.2 Å². The summed E-state index contributed by atoms with van der Waals surface area (Å²) in [7, 11) is -4.21. The molecule has 2 N–H and O–H groups in total. The number of benzene rings is 2. The van der Waals surface area contributed by atoms with Crippen LogP contribution in [0.1, 0.15) is 42.5 Å². The molecule has 2 atom stereocenters. The van der Waals surface area contributed by atoms with Gasteiger partial charge in [0.25, 0.3) is 10.0 Å². The van der Waals surface area contributed by atoms with E-state index in [0.29, 0.717) is 5.56 Å². The zero-order valence-corrected chi connectivity index (χ0v) is 26.0. The molecule has 3 aliphatic carbocycles. The van der Waals surface area contributed by atoms with Crippen molar-refractivity contribution < 1.29 is 27.1 Å². The van der Waals surface area contributed by atoms with Gasteiger partial charge in [0.1, 0.15) is 5.82 Å². The number of carbonyl (C=O) groups is 1. The van der Waals surface area contributed by atoms with E-state index in [1.54, 1.807) is 36.4 Å². The fourth-order valence-corrected chi connectivity index (χ4v) is 8.13. The molecular weight excluding hydrogens is 624 g/mol. The molecule has 0 radical (unpaired) electrons. The maximum atomic E-state index is 16.2. The Morgan fingerprint density at radius 2 is 1.68 bits per heavy atom. The maximum absolute atomic E-state index is 16.2. The second-order valence-corrected chi connectivity index (χ2v) is 13.9. The first kappa shape index (κ1) is 30.5. The number of nitrogens with one attached hydrogen (secondary N) is 1. The van der Waals surface area contributed by atoms with Crippen molar-refractivity contribution in [3.63, 3.8) is 0 Å². The lowest BCUT2D eigenvalue weighted by atomic mass is 9.61. The minimum Gasteiger partial charge on any atom is -0.481 e. The average Bonchev–Trinajstić information content (AvgIpc) is 3.45. The normalized spacial score (nSPS) is 20.5. The summed E-state index contributed by atoms with van der Waals surface area (Å²) in [6, 6.07) is 15.7. The van der Waals surface area contributed by atoms with Gasteiger partial charge in [-0.2, -0.15) is 4.39 Å². The van der Waals surface area contributed by atoms with Crippen molar-refractivity contribution >= 4 is 32.8 Å². The summed E-state index contributed by atoms with van der Waals surface area (Å²) in [5.74, 6) is 1.93. The summed E-state index contributed by atoms with van der Waals surface area (Å²) in [4.78, 5) is 25.3. The maximum Gasteiger partial charge on any atom is 0.308 e. The number of hydrogen-bond donors (Lipinski definition) is 2. The van der Waals surface area contributed by atoms with Crippen LogP contribution in [0.15, 0.2) is 78.0 Å². The molecule has 3 saturated carbocycles. The molecule has 9 nitrogen and oxygen atoms in total. The Morgan fingerprint density at radius 3 is 2.38 bits per heavy atom. The van der Waals surface area contributed by atoms with Crippen LogP contribution >= 0.6 is 0 Å². The number of pyridine rings is 1. The number of hydrogen-bond acceptors (Lipinski definition) is 7. The van der Waals surface area contributed by atoms with Crippen molar-refractivity contribution in [3.05, 3.63) is 102 Å². The van der Waals surface area contributed by atoms with E-state index < -0.39 is 39.6 Å². The summed E-state index contributed by atoms with van der Waals surface area (Å²) >= 11 is 0. The van der Waals surface area contributed by atoms with E-state index in [-0.39, 0.29) is 50.7 Å². The second kappa shape index (κ2) is 11.9. The molecule has 2 unspecified atom stereocenters. The average molecular weight is 654 g/mol. The van der Waals surface area contributed by atoms with Crippen LogP contribution in [0.25, 0.3) is 22.4 Å². The Morgan fingerprint density at radius 1 is 0.979 bits per heavy atom. The minimum absolute atomic E-state index is 0.00219. The van der Waals surface area contributed by atoms with Crippen molar-refractivity contribution in [2.45, 2.75) is 43.5 Å². The van der Waals surface area contributed by atoms with E-state index in [1.165, 1.54) is 18.3 Å². The van der Waals surface area contributed by atoms with Gasteiger partial charge in [-0.3, -0.25) is 4.79 Å². The Bertz CT molecular complexity index is 2190. The first-order chi connectivity index (χ1) is 22.6. The molecule has 0 saturated heterocycles. The fourth-order valence-electron chi connectivity index (χ4n) is 6.81. The molecule has 2 aromatic carbocycles. The predicted octanol–water partition coefficient (Wildman–Crippen LogP) is 6.02. The summed E-state index contributed by atoms with van der Waals surface area (Å²) in [6.07, 6.45) is 5.34. The van der Waals surface area contributed by atoms with Crippen LogP contribution in [-0.2, 0) is 14.8 Å². The van der Waals surface area contributed by atoms with Crippen LogP contribution in [0.2, 0.25) is 0 Å². The summed E-state index contributed by atoms with van der Waals surface area (Å²) in [5.41, 5.74) is 1.18. The Labute approximate surface area is 269 Å². The van der Waals surface area contributed by atoms with Gasteiger partial charge in [0.2, 0.25) is 0 Å². The standard InChI is InChI=1S/C35H29F2N5O4S/c1-20-7-14-25(15-8-20)47(45,46)42-19-27(26-17-24(36)18-38-34(26)42)32-39-28(16-9-21-5-3-2-4-6-21)30(37)33(41-32)40-31-23-12-10-22(11-13-23)29(31)35(43)44/h2-8,14-15,17-19,22-23,29,31H,10-13H2,1H3,(H,43,44)(H,39,40,41). The van der Waals surface area contributed by atoms with Gasteiger partial charge in [-0.1, -0.05) is 41.8 Å². The van der Waals surface area contributed by atoms with Gasteiger partial charge in [-0.05, 0) is 80.7 Å². The van der Waals surface area contributed by atoms with E-state index in [0.717, 1.165) is 47.5 Å². The number of carboxylic acid groups (broad SMARTS) is 1. The Kier molecular flexibility index (Phi) is 7.72. The van der Waals surface area contributed by atoms with Crippen LogP contribution in [0.3, 0.4) is 0 Å². The zero-order chi connectivity index (χ0) is 32.9. The van der Waals surface area contributed by atoms with Crippen molar-refractivity contribution in [2.24, 2.45) is 17.8 Å². The smallest absolute Gasteiger partial charge is 0.308 e. The first-order valence-corrected chi connectivity index (χ1v) is 16.7. The summed E-state index contributed by atoms with van der Waals surface area (Å²) < 4.78 is 59.4. The number of rotatable bonds is 6. The molecule has 0 amide bonds. The van der Waals surface area contributed by atoms with Gasteiger partial charge in [0.15, 0.2) is 28.8 Å². The molecule has 3 heterocycles. The van der Waals surface area contributed by atoms with Crippen molar-refractivity contribution in [2.75, 3.05) is 5.32 Å². The molecule has 8 rings (SSSR count). The van der Waals surface area contributed by atoms with E-state index in [1.807, 2.05) is 13.0 Å². The first-order valence-electron chi connectivity index (χ1n) is 15.2. The molecule has 3 aromatic heterocycles. The number of aliphatic carboxylic acids is 1. The lowest BCUT2D eigenvalue weighted by Crippen LogP contribution is -2.51. The summed E-state index contributed by atoms with van der Waals surface area (Å²) in [6.45, 7) is 1.83. The third-order valence-electron chi connectivity index (χ3n) is 9.16. The number of carboxylic acids is 1. The number of fused-ring (bicyclic) bond motifs is 4. The van der Waals surface area contributed by atoms with Crippen molar-refractivity contribution in [1.29, 1.82) is 0 Å². The molecule has 238 valence electrons. The highest BCUT2D eigenvalue weighted by Crippen LogP contribution is 2.46. The van der Waals surface area contributed by atoms with Gasteiger partial charge in [0, 0.05) is 28.8 Å². The van der Waals surface area contributed by atoms with Crippen molar-refractivity contribution in [3.8, 4) is 23.2 Å². The monoisotopic (exact) mass is 653 g/mol. The topological polar surface area (TPSA) is 127 Å². The largest absolute Gasteiger partial charge is 0.481 e. The number of anilines is 1. The number of aryl methyl sites for hydroxylation is 1. The highest BCUT2D eigenvalue weighted by molar-refractivity contribution is 7.90. The number of aromatic nitrogens is 4. The molecule has 12 heteroatoms. The number of nitrogens with zero attached hydrogens (tertiary/aromatic N) is 4. The van der Waals surface area contributed by atoms with E-state index in [2.05, 4.69) is 32.1 Å². The van der Waals surface area contributed by atoms with E-state index in [9.17, 15) is 22.7 Å². The second-order valence-electron chi connectivity index (χ2n) is 12.1. The fraction of sp³-hybridized carbons (Fsp3) is 0.257. The zero-order valence-electron chi connectivity index (χ0n) is 25.2. The highest BCUT2D eigenvalue weighted by atomic mass is 32.2. The lowest BCUT2D eigenvalue weighted by molar-refractivity contribution is -0.148. The Hall–Kier alpha value is -5.15. The molecule has 2 bridgehead atoms. The molecule has 0 spiro atoms. The van der Waals surface area contributed by atoms with Gasteiger partial charge in [0.05, 0.1) is 17.0 Å². The van der Waals surface area contributed by atoms with Gasteiger partial charge in [-0.25, -0.2) is 31.7 Å². The van der Waals surface area contributed by atoms with Crippen molar-refractivity contribution in [1.82, 2.24) is 18.9 Å². The molecule has 3 aliphatic rings. The summed E-state index contributed by atoms with van der Waals surface area (Å²) in [5, 5.41) is 13.3. The van der Waals surface area contributed by atoms with Gasteiger partial charge < -0.3 is 10.4 Å². The van der Waals surface area contributed by atoms with Crippen LogP contribution in [0.4, 0.5) is 14.6 Å². The lowest BCUT2D eigenvalue weighted by Gasteiger charge is -2.47. The molecule has 3 fully saturated rings. The Balaban J connectivity index is 1.41. The van der Waals surface area contributed by atoms with Gasteiger partial charge >= 0.3 is 5.97 Å². The third kappa shape index (κ3) is 5.61. The highest BCUT2D eigenvalue weighted by Gasteiger charge is 2.47. The minimum atomic E-state index is -4.21. The molecule has 47 heavy (non-hydrogen) atoms. The quantitative estimate of drug-likeness (QED) is 0.213. The predicted molar refractivity (Wildman–Crippen MR) is 171 cm³/mol. The third-order valence-corrected chi connectivity index (χ3v) is 10.8. The number of halogens is 2. The SMILES string of the molecule is Cc1ccc(S(=O)(=O)n2cc(-c3nc(C#Cc4ccccc4)c(F)c(NC4C5CCC(CC5)C4C(=O)O)n3)c3cc(F)cnc32)cc1. The molecular formula is C35H29F2N5O4S. The molecule has 5 aromatic rings. The van der Waals surface area contributed by atoms with Crippen LogP contribution < -0.4 is 5.32 Å². The van der Waals surface area contributed by atoms with Crippen LogP contribution in [-0.4, -0.2) is 44.5 Å². The van der Waals surface area contributed by atoms with Crippen LogP contribution in [0.5, 0.6) is 0 Å². The molecule has 0 aliphatic heterocycles.